The highest BCUT2D eigenvalue weighted by Crippen LogP contribution is 2.17. The maximum Gasteiger partial charge on any atom is 0.410 e. The van der Waals surface area contributed by atoms with Gasteiger partial charge in [-0.25, -0.2) is 9.48 Å². The van der Waals surface area contributed by atoms with Crippen molar-refractivity contribution in [1.82, 2.24) is 19.6 Å². The fourth-order valence-electron chi connectivity index (χ4n) is 3.16. The van der Waals surface area contributed by atoms with Crippen molar-refractivity contribution in [2.24, 2.45) is 0 Å². The lowest BCUT2D eigenvalue weighted by atomic mass is 10.2. The minimum Gasteiger partial charge on any atom is -0.503 e. The molecule has 1 aromatic heterocycles. The molecule has 0 saturated carbocycles. The van der Waals surface area contributed by atoms with E-state index in [0.717, 1.165) is 5.56 Å². The molecular weight excluding hydrogens is 408 g/mol. The van der Waals surface area contributed by atoms with Crippen LogP contribution in [0.5, 0.6) is 5.75 Å². The fraction of sp³-hybridized carbons (Fsp3) is 0.476. The van der Waals surface area contributed by atoms with E-state index in [-0.39, 0.29) is 18.4 Å². The van der Waals surface area contributed by atoms with Crippen LogP contribution >= 0.6 is 11.6 Å². The molecular formula is C21H27ClN4O4. The van der Waals surface area contributed by atoms with Gasteiger partial charge in [0.2, 0.25) is 0 Å². The van der Waals surface area contributed by atoms with Crippen molar-refractivity contribution in [3.05, 3.63) is 57.0 Å². The first-order chi connectivity index (χ1) is 14.1. The molecule has 1 aliphatic heterocycles. The van der Waals surface area contributed by atoms with Gasteiger partial charge in [0.1, 0.15) is 5.60 Å². The van der Waals surface area contributed by atoms with Crippen LogP contribution in [0.2, 0.25) is 5.02 Å². The second-order valence-corrected chi connectivity index (χ2v) is 8.79. The van der Waals surface area contributed by atoms with Crippen LogP contribution in [0, 0.1) is 0 Å². The Morgan fingerprint density at radius 3 is 2.37 bits per heavy atom. The van der Waals surface area contributed by atoms with Gasteiger partial charge in [0.25, 0.3) is 0 Å². The third-order valence-corrected chi connectivity index (χ3v) is 5.01. The predicted octanol–water partition coefficient (Wildman–Crippen LogP) is 2.70. The highest BCUT2D eigenvalue weighted by atomic mass is 35.5. The van der Waals surface area contributed by atoms with Crippen LogP contribution in [0.15, 0.2) is 35.3 Å². The number of carbonyl (C=O) groups is 1. The molecule has 162 valence electrons. The van der Waals surface area contributed by atoms with Gasteiger partial charge in [0, 0.05) is 43.3 Å². The second kappa shape index (κ2) is 9.06. The number of amides is 1. The summed E-state index contributed by atoms with van der Waals surface area (Å²) in [5.74, 6) is -0.298. The summed E-state index contributed by atoms with van der Waals surface area (Å²) in [6, 6.07) is 7.11. The van der Waals surface area contributed by atoms with Crippen molar-refractivity contribution < 1.29 is 14.6 Å². The van der Waals surface area contributed by atoms with Gasteiger partial charge in [0.15, 0.2) is 5.75 Å². The van der Waals surface area contributed by atoms with E-state index in [1.54, 1.807) is 17.0 Å². The Kier molecular flexibility index (Phi) is 6.67. The SMILES string of the molecule is CC(C)(C)OC(=O)N1CCN(Cc2cnn(Cc3ccc(Cl)cc3)c(=O)c2O)CC1. The molecule has 30 heavy (non-hydrogen) atoms. The monoisotopic (exact) mass is 434 g/mol. The third-order valence-electron chi connectivity index (χ3n) is 4.76. The van der Waals surface area contributed by atoms with Gasteiger partial charge < -0.3 is 14.7 Å². The van der Waals surface area contributed by atoms with Gasteiger partial charge in [-0.15, -0.1) is 0 Å². The lowest BCUT2D eigenvalue weighted by molar-refractivity contribution is 0.0138. The standard InChI is InChI=1S/C21H27ClN4O4/c1-21(2,3)30-20(29)25-10-8-24(9-11-25)14-16-12-23-26(19(28)18(16)27)13-15-4-6-17(22)7-5-15/h4-7,12,27H,8-11,13-14H2,1-3H3. The Morgan fingerprint density at radius 2 is 1.77 bits per heavy atom. The molecule has 0 aliphatic carbocycles. The molecule has 0 unspecified atom stereocenters. The lowest BCUT2D eigenvalue weighted by Gasteiger charge is -2.35. The van der Waals surface area contributed by atoms with Crippen LogP contribution in [0.4, 0.5) is 4.79 Å². The normalized spacial score (nSPS) is 15.3. The molecule has 0 bridgehead atoms. The molecule has 8 nitrogen and oxygen atoms in total. The molecule has 2 heterocycles. The predicted molar refractivity (Wildman–Crippen MR) is 114 cm³/mol. The third kappa shape index (κ3) is 5.73. The van der Waals surface area contributed by atoms with E-state index in [2.05, 4.69) is 10.00 Å². The number of hydrogen-bond donors (Lipinski definition) is 1. The van der Waals surface area contributed by atoms with E-state index in [4.69, 9.17) is 16.3 Å². The number of ether oxygens (including phenoxy) is 1. The summed E-state index contributed by atoms with van der Waals surface area (Å²) in [7, 11) is 0. The van der Waals surface area contributed by atoms with Crippen LogP contribution in [-0.4, -0.2) is 62.6 Å². The average molecular weight is 435 g/mol. The smallest absolute Gasteiger partial charge is 0.410 e. The molecule has 1 aromatic carbocycles. The van der Waals surface area contributed by atoms with Crippen molar-refractivity contribution in [2.45, 2.75) is 39.5 Å². The van der Waals surface area contributed by atoms with Gasteiger partial charge in [-0.1, -0.05) is 23.7 Å². The first-order valence-corrected chi connectivity index (χ1v) is 10.2. The molecule has 2 aromatic rings. The quantitative estimate of drug-likeness (QED) is 0.796. The van der Waals surface area contributed by atoms with Crippen molar-refractivity contribution in [1.29, 1.82) is 0 Å². The van der Waals surface area contributed by atoms with E-state index < -0.39 is 11.2 Å². The summed E-state index contributed by atoms with van der Waals surface area (Å²) in [6.45, 7) is 8.44. The van der Waals surface area contributed by atoms with Crippen LogP contribution in [0.1, 0.15) is 31.9 Å². The number of nitrogens with zero attached hydrogens (tertiary/aromatic N) is 4. The highest BCUT2D eigenvalue weighted by Gasteiger charge is 2.26. The number of benzene rings is 1. The second-order valence-electron chi connectivity index (χ2n) is 8.35. The zero-order valence-electron chi connectivity index (χ0n) is 17.5. The minimum absolute atomic E-state index is 0.248. The molecule has 1 amide bonds. The Hall–Kier alpha value is -2.58. The zero-order chi connectivity index (χ0) is 21.9. The largest absolute Gasteiger partial charge is 0.503 e. The van der Waals surface area contributed by atoms with Gasteiger partial charge >= 0.3 is 11.7 Å². The number of piperazine rings is 1. The summed E-state index contributed by atoms with van der Waals surface area (Å²) in [5.41, 5.74) is 0.272. The maximum absolute atomic E-state index is 12.5. The Bertz CT molecular complexity index is 945. The number of halogens is 1. The number of aromatic hydroxyl groups is 1. The topological polar surface area (TPSA) is 87.9 Å². The summed E-state index contributed by atoms with van der Waals surface area (Å²) >= 11 is 5.88. The molecule has 1 N–H and O–H groups in total. The van der Waals surface area contributed by atoms with Crippen molar-refractivity contribution >= 4 is 17.7 Å². The van der Waals surface area contributed by atoms with Crippen LogP contribution in [0.25, 0.3) is 0 Å². The van der Waals surface area contributed by atoms with Crippen molar-refractivity contribution in [3.63, 3.8) is 0 Å². The molecule has 0 radical (unpaired) electrons. The highest BCUT2D eigenvalue weighted by molar-refractivity contribution is 6.30. The number of hydrogen-bond acceptors (Lipinski definition) is 6. The molecule has 3 rings (SSSR count). The van der Waals surface area contributed by atoms with E-state index in [9.17, 15) is 14.7 Å². The Morgan fingerprint density at radius 1 is 1.13 bits per heavy atom. The van der Waals surface area contributed by atoms with E-state index in [1.807, 2.05) is 32.9 Å². The average Bonchev–Trinajstić information content (AvgIpc) is 2.68. The first kappa shape index (κ1) is 22.1. The molecule has 1 fully saturated rings. The number of carbonyl (C=O) groups excluding carboxylic acids is 1. The summed E-state index contributed by atoms with van der Waals surface area (Å²) in [5, 5.41) is 15.2. The van der Waals surface area contributed by atoms with Crippen molar-refractivity contribution in [3.8, 4) is 5.75 Å². The van der Waals surface area contributed by atoms with Gasteiger partial charge in [-0.05, 0) is 38.5 Å². The maximum atomic E-state index is 12.5. The summed E-state index contributed by atoms with van der Waals surface area (Å²) in [6.07, 6.45) is 1.20. The van der Waals surface area contributed by atoms with Crippen LogP contribution in [0.3, 0.4) is 0 Å². The number of aromatic nitrogens is 2. The molecule has 0 spiro atoms. The summed E-state index contributed by atoms with van der Waals surface area (Å²) in [4.78, 5) is 28.4. The molecule has 1 saturated heterocycles. The zero-order valence-corrected chi connectivity index (χ0v) is 18.2. The Balaban J connectivity index is 1.60. The van der Waals surface area contributed by atoms with Gasteiger partial charge in [-0.3, -0.25) is 9.69 Å². The van der Waals surface area contributed by atoms with Crippen LogP contribution in [-0.2, 0) is 17.8 Å². The van der Waals surface area contributed by atoms with E-state index in [0.29, 0.717) is 43.3 Å². The summed E-state index contributed by atoms with van der Waals surface area (Å²) < 4.78 is 6.63. The van der Waals surface area contributed by atoms with E-state index in [1.165, 1.54) is 10.9 Å². The lowest BCUT2D eigenvalue weighted by Crippen LogP contribution is -2.49. The fourth-order valence-corrected chi connectivity index (χ4v) is 3.29. The van der Waals surface area contributed by atoms with Gasteiger partial charge in [-0.2, -0.15) is 5.10 Å². The molecule has 9 heteroatoms. The van der Waals surface area contributed by atoms with Crippen LogP contribution < -0.4 is 5.56 Å². The van der Waals surface area contributed by atoms with Gasteiger partial charge in [0.05, 0.1) is 12.7 Å². The molecule has 1 aliphatic rings. The number of rotatable bonds is 4. The van der Waals surface area contributed by atoms with Crippen molar-refractivity contribution in [2.75, 3.05) is 26.2 Å². The Labute approximate surface area is 180 Å². The minimum atomic E-state index is -0.533. The molecule has 0 atom stereocenters. The van der Waals surface area contributed by atoms with E-state index >= 15 is 0 Å². The first-order valence-electron chi connectivity index (χ1n) is 9.85.